The van der Waals surface area contributed by atoms with Gasteiger partial charge in [-0.1, -0.05) is 6.07 Å². The molecule has 1 aromatic rings. The Balaban J connectivity index is 2.26. The Morgan fingerprint density at radius 2 is 2.13 bits per heavy atom. The molecule has 0 aliphatic carbocycles. The van der Waals surface area contributed by atoms with Gasteiger partial charge in [0.2, 0.25) is 6.10 Å². The fraction of sp³-hybridized carbons (Fsp3) is 0.400. The van der Waals surface area contributed by atoms with E-state index >= 15 is 0 Å². The number of fused-ring (bicyclic) bond motifs is 1. The van der Waals surface area contributed by atoms with Crippen LogP contribution in [-0.4, -0.2) is 18.8 Å². The van der Waals surface area contributed by atoms with Crippen LogP contribution in [0.1, 0.15) is 5.56 Å². The first kappa shape index (κ1) is 10.1. The third-order valence-corrected chi connectivity index (χ3v) is 2.25. The number of hydrogen-bond donors (Lipinski definition) is 1. The fourth-order valence-corrected chi connectivity index (χ4v) is 1.45. The predicted octanol–water partition coefficient (Wildman–Crippen LogP) is 2.73. The normalized spacial score (nSPS) is 20.1. The van der Waals surface area contributed by atoms with Crippen molar-refractivity contribution in [2.45, 2.75) is 19.2 Å². The highest BCUT2D eigenvalue weighted by Crippen LogP contribution is 2.34. The molecular weight excluding hydrogens is 207 g/mol. The maximum Gasteiger partial charge on any atom is 0.427 e. The molecule has 15 heavy (non-hydrogen) atoms. The van der Waals surface area contributed by atoms with Gasteiger partial charge in [0.15, 0.2) is 0 Å². The number of ether oxygens (including phenoxy) is 1. The summed E-state index contributed by atoms with van der Waals surface area (Å²) < 4.78 is 42.0. The average Bonchev–Trinajstić information content (AvgIpc) is 2.15. The van der Waals surface area contributed by atoms with E-state index < -0.39 is 12.3 Å². The van der Waals surface area contributed by atoms with E-state index in [0.717, 1.165) is 5.56 Å². The van der Waals surface area contributed by atoms with Crippen LogP contribution in [-0.2, 0) is 0 Å². The summed E-state index contributed by atoms with van der Waals surface area (Å²) in [6.07, 6.45) is -6.08. The molecule has 1 aromatic carbocycles. The summed E-state index contributed by atoms with van der Waals surface area (Å²) in [7, 11) is 0. The number of hydrogen-bond acceptors (Lipinski definition) is 2. The zero-order valence-electron chi connectivity index (χ0n) is 8.06. The van der Waals surface area contributed by atoms with Gasteiger partial charge < -0.3 is 10.1 Å². The lowest BCUT2D eigenvalue weighted by Crippen LogP contribution is -2.42. The van der Waals surface area contributed by atoms with Gasteiger partial charge in [-0.3, -0.25) is 0 Å². The number of benzene rings is 1. The Morgan fingerprint density at radius 3 is 2.80 bits per heavy atom. The van der Waals surface area contributed by atoms with E-state index in [1.807, 2.05) is 6.07 Å². The first-order valence-electron chi connectivity index (χ1n) is 4.55. The summed E-state index contributed by atoms with van der Waals surface area (Å²) in [5.74, 6) is 0.267. The molecule has 0 radical (unpaired) electrons. The van der Waals surface area contributed by atoms with Crippen LogP contribution in [0.3, 0.4) is 0 Å². The van der Waals surface area contributed by atoms with Gasteiger partial charge in [-0.05, 0) is 24.6 Å². The summed E-state index contributed by atoms with van der Waals surface area (Å²) in [4.78, 5) is 0. The Morgan fingerprint density at radius 1 is 1.40 bits per heavy atom. The number of alkyl halides is 3. The minimum Gasteiger partial charge on any atom is -0.477 e. The van der Waals surface area contributed by atoms with E-state index in [1.165, 1.54) is 0 Å². The highest BCUT2D eigenvalue weighted by atomic mass is 19.4. The number of halogens is 3. The third kappa shape index (κ3) is 2.00. The van der Waals surface area contributed by atoms with Gasteiger partial charge in [-0.25, -0.2) is 0 Å². The number of rotatable bonds is 0. The van der Waals surface area contributed by atoms with Crippen LogP contribution in [0, 0.1) is 6.92 Å². The van der Waals surface area contributed by atoms with Gasteiger partial charge in [0.1, 0.15) is 5.75 Å². The van der Waals surface area contributed by atoms with Crippen LogP contribution >= 0.6 is 0 Å². The van der Waals surface area contributed by atoms with Crippen molar-refractivity contribution in [2.24, 2.45) is 0 Å². The summed E-state index contributed by atoms with van der Waals surface area (Å²) in [5, 5.41) is 2.70. The molecule has 82 valence electrons. The molecule has 1 aliphatic rings. The molecule has 0 saturated carbocycles. The van der Waals surface area contributed by atoms with Crippen LogP contribution in [0.5, 0.6) is 5.75 Å². The molecule has 2 rings (SSSR count). The minimum atomic E-state index is -4.32. The van der Waals surface area contributed by atoms with Gasteiger partial charge >= 0.3 is 6.18 Å². The molecule has 1 unspecified atom stereocenters. The first-order valence-corrected chi connectivity index (χ1v) is 4.55. The van der Waals surface area contributed by atoms with Gasteiger partial charge in [-0.2, -0.15) is 13.2 Å². The average molecular weight is 217 g/mol. The minimum absolute atomic E-state index is 0.237. The van der Waals surface area contributed by atoms with E-state index in [0.29, 0.717) is 5.69 Å². The standard InChI is InChI=1S/C10H10F3NO/c1-6-2-3-7-8(4-6)15-9(5-14-7)10(11,12)13/h2-4,9,14H,5H2,1H3. The smallest absolute Gasteiger partial charge is 0.427 e. The summed E-state index contributed by atoms with van der Waals surface area (Å²) >= 11 is 0. The van der Waals surface area contributed by atoms with Gasteiger partial charge in [0, 0.05) is 0 Å². The van der Waals surface area contributed by atoms with Crippen molar-refractivity contribution in [1.29, 1.82) is 0 Å². The molecule has 0 bridgehead atoms. The summed E-state index contributed by atoms with van der Waals surface area (Å²) in [6, 6.07) is 5.14. The van der Waals surface area contributed by atoms with Gasteiger partial charge in [0.05, 0.1) is 12.2 Å². The molecule has 1 heterocycles. The van der Waals surface area contributed by atoms with Crippen molar-refractivity contribution < 1.29 is 17.9 Å². The van der Waals surface area contributed by atoms with Gasteiger partial charge in [0.25, 0.3) is 0 Å². The molecular formula is C10H10F3NO. The van der Waals surface area contributed by atoms with Crippen molar-refractivity contribution in [1.82, 2.24) is 0 Å². The quantitative estimate of drug-likeness (QED) is 0.721. The van der Waals surface area contributed by atoms with Crippen molar-refractivity contribution in [3.05, 3.63) is 23.8 Å². The molecule has 1 atom stereocenters. The Labute approximate surface area is 85.0 Å². The Hall–Kier alpha value is -1.39. The molecule has 0 aromatic heterocycles. The number of aryl methyl sites for hydroxylation is 1. The predicted molar refractivity (Wildman–Crippen MR) is 50.1 cm³/mol. The molecule has 0 spiro atoms. The summed E-state index contributed by atoms with van der Waals surface area (Å²) in [6.45, 7) is 1.57. The van der Waals surface area contributed by atoms with Crippen molar-refractivity contribution in [3.8, 4) is 5.75 Å². The maximum absolute atomic E-state index is 12.4. The second-order valence-corrected chi connectivity index (χ2v) is 3.53. The van der Waals surface area contributed by atoms with Crippen molar-refractivity contribution in [2.75, 3.05) is 11.9 Å². The molecule has 0 amide bonds. The topological polar surface area (TPSA) is 21.3 Å². The number of nitrogens with one attached hydrogen (secondary N) is 1. The SMILES string of the molecule is Cc1ccc2c(c1)OC(C(F)(F)F)CN2. The molecule has 0 saturated heterocycles. The second kappa shape index (κ2) is 3.32. The van der Waals surface area contributed by atoms with E-state index in [2.05, 4.69) is 5.32 Å². The Kier molecular flexibility index (Phi) is 2.25. The molecule has 0 fully saturated rings. The van der Waals surface area contributed by atoms with Crippen LogP contribution < -0.4 is 10.1 Å². The van der Waals surface area contributed by atoms with Crippen LogP contribution in [0.25, 0.3) is 0 Å². The first-order chi connectivity index (χ1) is 6.97. The largest absolute Gasteiger partial charge is 0.477 e. The lowest BCUT2D eigenvalue weighted by Gasteiger charge is -2.28. The van der Waals surface area contributed by atoms with E-state index in [1.54, 1.807) is 19.1 Å². The van der Waals surface area contributed by atoms with E-state index in [9.17, 15) is 13.2 Å². The molecule has 5 heteroatoms. The monoisotopic (exact) mass is 217 g/mol. The molecule has 1 N–H and O–H groups in total. The maximum atomic E-state index is 12.4. The van der Waals surface area contributed by atoms with Gasteiger partial charge in [-0.15, -0.1) is 0 Å². The Bertz CT molecular complexity index is 375. The highest BCUT2D eigenvalue weighted by Gasteiger charge is 2.43. The highest BCUT2D eigenvalue weighted by molar-refractivity contribution is 5.59. The van der Waals surface area contributed by atoms with Crippen molar-refractivity contribution >= 4 is 5.69 Å². The van der Waals surface area contributed by atoms with E-state index in [4.69, 9.17) is 4.74 Å². The lowest BCUT2D eigenvalue weighted by atomic mass is 10.1. The van der Waals surface area contributed by atoms with Crippen LogP contribution in [0.4, 0.5) is 18.9 Å². The van der Waals surface area contributed by atoms with Crippen LogP contribution in [0.15, 0.2) is 18.2 Å². The third-order valence-electron chi connectivity index (χ3n) is 2.25. The zero-order valence-corrected chi connectivity index (χ0v) is 8.06. The molecule has 1 aliphatic heterocycles. The lowest BCUT2D eigenvalue weighted by molar-refractivity contribution is -0.191. The van der Waals surface area contributed by atoms with E-state index in [-0.39, 0.29) is 12.3 Å². The fourth-order valence-electron chi connectivity index (χ4n) is 1.45. The molecule has 2 nitrogen and oxygen atoms in total. The second-order valence-electron chi connectivity index (χ2n) is 3.53. The van der Waals surface area contributed by atoms with Crippen LogP contribution in [0.2, 0.25) is 0 Å². The zero-order chi connectivity index (χ0) is 11.1. The van der Waals surface area contributed by atoms with Crippen molar-refractivity contribution in [3.63, 3.8) is 0 Å². The number of anilines is 1. The summed E-state index contributed by atoms with van der Waals surface area (Å²) in [5.41, 5.74) is 1.49.